The Balaban J connectivity index is 1.65. The Morgan fingerprint density at radius 1 is 1.12 bits per heavy atom. The number of ether oxygens (including phenoxy) is 1. The predicted octanol–water partition coefficient (Wildman–Crippen LogP) is 3.13. The van der Waals surface area contributed by atoms with E-state index in [0.717, 1.165) is 36.3 Å². The summed E-state index contributed by atoms with van der Waals surface area (Å²) >= 11 is 0. The number of nitrogens with zero attached hydrogens (tertiary/aromatic N) is 2. The fourth-order valence-electron chi connectivity index (χ4n) is 3.80. The smallest absolute Gasteiger partial charge is 0.264 e. The fraction of sp³-hybridized carbons (Fsp3) is 0.458. The van der Waals surface area contributed by atoms with E-state index in [1.807, 2.05) is 0 Å². The van der Waals surface area contributed by atoms with Gasteiger partial charge in [0.2, 0.25) is 5.91 Å². The van der Waals surface area contributed by atoms with Crippen LogP contribution in [0.4, 0.5) is 5.69 Å². The number of carbonyl (C=O) groups excluding carboxylic acids is 1. The predicted molar refractivity (Wildman–Crippen MR) is 126 cm³/mol. The minimum atomic E-state index is -3.92. The van der Waals surface area contributed by atoms with E-state index in [-0.39, 0.29) is 17.3 Å². The second-order valence-electron chi connectivity index (χ2n) is 8.25. The van der Waals surface area contributed by atoms with Crippen molar-refractivity contribution < 1.29 is 17.9 Å². The van der Waals surface area contributed by atoms with E-state index in [9.17, 15) is 13.2 Å². The van der Waals surface area contributed by atoms with Gasteiger partial charge in [-0.15, -0.1) is 0 Å². The third kappa shape index (κ3) is 6.46. The van der Waals surface area contributed by atoms with Crippen LogP contribution in [0, 0.1) is 5.92 Å². The number of hydrogen-bond donors (Lipinski definition) is 1. The number of carbonyl (C=O) groups is 1. The number of amides is 1. The highest BCUT2D eigenvalue weighted by atomic mass is 32.2. The highest BCUT2D eigenvalue weighted by molar-refractivity contribution is 7.92. The van der Waals surface area contributed by atoms with Gasteiger partial charge >= 0.3 is 0 Å². The number of methoxy groups -OCH3 is 1. The quantitative estimate of drug-likeness (QED) is 0.552. The molecule has 0 radical (unpaired) electrons. The molecule has 32 heavy (non-hydrogen) atoms. The van der Waals surface area contributed by atoms with Crippen LogP contribution in [0.3, 0.4) is 0 Å². The Morgan fingerprint density at radius 3 is 2.53 bits per heavy atom. The minimum Gasteiger partial charge on any atom is -0.497 e. The highest BCUT2D eigenvalue weighted by Gasteiger charge is 2.27. The van der Waals surface area contributed by atoms with Gasteiger partial charge in [0.05, 0.1) is 17.7 Å². The van der Waals surface area contributed by atoms with Crippen LogP contribution in [0.15, 0.2) is 59.5 Å². The summed E-state index contributed by atoms with van der Waals surface area (Å²) in [5.41, 5.74) is 0.380. The summed E-state index contributed by atoms with van der Waals surface area (Å²) in [6, 6.07) is 14.9. The molecule has 8 heteroatoms. The summed E-state index contributed by atoms with van der Waals surface area (Å²) < 4.78 is 33.0. The topological polar surface area (TPSA) is 79.0 Å². The van der Waals surface area contributed by atoms with Gasteiger partial charge in [-0.1, -0.05) is 31.2 Å². The molecule has 2 aromatic rings. The Kier molecular flexibility index (Phi) is 8.53. The van der Waals surface area contributed by atoms with Crippen molar-refractivity contribution in [2.45, 2.75) is 31.1 Å². The lowest BCUT2D eigenvalue weighted by Crippen LogP contribution is -2.42. The van der Waals surface area contributed by atoms with Crippen molar-refractivity contribution in [1.82, 2.24) is 10.2 Å². The van der Waals surface area contributed by atoms with E-state index >= 15 is 0 Å². The first-order valence-corrected chi connectivity index (χ1v) is 12.5. The van der Waals surface area contributed by atoms with Gasteiger partial charge in [0, 0.05) is 12.6 Å². The fourth-order valence-corrected chi connectivity index (χ4v) is 5.24. The van der Waals surface area contributed by atoms with Gasteiger partial charge in [-0.25, -0.2) is 8.42 Å². The van der Waals surface area contributed by atoms with Crippen LogP contribution in [-0.2, 0) is 14.8 Å². The van der Waals surface area contributed by atoms with Crippen molar-refractivity contribution in [2.24, 2.45) is 5.92 Å². The number of piperidine rings is 1. The Morgan fingerprint density at radius 2 is 1.84 bits per heavy atom. The largest absolute Gasteiger partial charge is 0.497 e. The van der Waals surface area contributed by atoms with E-state index in [1.54, 1.807) is 42.5 Å². The zero-order chi connectivity index (χ0) is 23.0. The number of hydrogen-bond acceptors (Lipinski definition) is 5. The Labute approximate surface area is 191 Å². The average Bonchev–Trinajstić information content (AvgIpc) is 2.82. The molecule has 0 bridgehead atoms. The number of nitrogens with one attached hydrogen (secondary N) is 1. The van der Waals surface area contributed by atoms with Gasteiger partial charge in [0.15, 0.2) is 0 Å². The number of sulfonamides is 1. The zero-order valence-corrected chi connectivity index (χ0v) is 19.7. The lowest BCUT2D eigenvalue weighted by atomic mass is 9.99. The van der Waals surface area contributed by atoms with Crippen LogP contribution < -0.4 is 14.4 Å². The van der Waals surface area contributed by atoms with Crippen molar-refractivity contribution in [2.75, 3.05) is 44.1 Å². The number of benzene rings is 2. The number of likely N-dealkylation sites (tertiary alicyclic amines) is 1. The molecule has 7 nitrogen and oxygen atoms in total. The number of rotatable bonds is 10. The van der Waals surface area contributed by atoms with E-state index in [0.29, 0.717) is 18.0 Å². The maximum absolute atomic E-state index is 13.3. The molecular weight excluding hydrogens is 426 g/mol. The molecule has 0 aromatic heterocycles. The molecule has 0 saturated carbocycles. The standard InChI is InChI=1S/C24H33N3O4S/c1-20-12-16-26(17-13-20)15-7-14-25-24(28)19-27(21-8-6-9-22(18-21)31-2)32(29,30)23-10-4-3-5-11-23/h3-6,8-11,18,20H,7,12-17,19H2,1-2H3,(H,25,28). The van der Waals surface area contributed by atoms with E-state index in [4.69, 9.17) is 4.74 Å². The Bertz CT molecular complexity index is 974. The molecule has 1 heterocycles. The average molecular weight is 460 g/mol. The van der Waals surface area contributed by atoms with E-state index in [1.165, 1.54) is 32.1 Å². The Hall–Kier alpha value is -2.58. The normalized spacial score (nSPS) is 15.3. The highest BCUT2D eigenvalue weighted by Crippen LogP contribution is 2.26. The second kappa shape index (κ2) is 11.3. The first kappa shape index (κ1) is 24.1. The SMILES string of the molecule is COc1cccc(N(CC(=O)NCCCN2CCC(C)CC2)S(=O)(=O)c2ccccc2)c1. The van der Waals surface area contributed by atoms with Gasteiger partial charge in [-0.05, 0) is 69.1 Å². The first-order chi connectivity index (χ1) is 15.4. The first-order valence-electron chi connectivity index (χ1n) is 11.1. The van der Waals surface area contributed by atoms with Crippen LogP contribution in [-0.4, -0.2) is 59.1 Å². The van der Waals surface area contributed by atoms with Crippen molar-refractivity contribution >= 4 is 21.6 Å². The molecule has 0 aliphatic carbocycles. The van der Waals surface area contributed by atoms with Crippen LogP contribution >= 0.6 is 0 Å². The van der Waals surface area contributed by atoms with Gasteiger partial charge in [0.1, 0.15) is 12.3 Å². The summed E-state index contributed by atoms with van der Waals surface area (Å²) in [5.74, 6) is 0.978. The third-order valence-electron chi connectivity index (χ3n) is 5.81. The molecule has 1 fully saturated rings. The molecule has 0 spiro atoms. The van der Waals surface area contributed by atoms with Gasteiger partial charge < -0.3 is 15.0 Å². The lowest BCUT2D eigenvalue weighted by Gasteiger charge is -2.30. The van der Waals surface area contributed by atoms with Gasteiger partial charge in [-0.2, -0.15) is 0 Å². The van der Waals surface area contributed by atoms with Crippen LogP contribution in [0.5, 0.6) is 5.75 Å². The molecule has 1 aliphatic heterocycles. The van der Waals surface area contributed by atoms with Crippen LogP contribution in [0.1, 0.15) is 26.2 Å². The molecule has 0 unspecified atom stereocenters. The maximum atomic E-state index is 13.3. The zero-order valence-electron chi connectivity index (χ0n) is 18.9. The summed E-state index contributed by atoms with van der Waals surface area (Å²) in [6.07, 6.45) is 3.28. The molecule has 0 atom stereocenters. The van der Waals surface area contributed by atoms with Crippen molar-refractivity contribution in [3.63, 3.8) is 0 Å². The maximum Gasteiger partial charge on any atom is 0.264 e. The monoisotopic (exact) mass is 459 g/mol. The van der Waals surface area contributed by atoms with Gasteiger partial charge in [0.25, 0.3) is 10.0 Å². The summed E-state index contributed by atoms with van der Waals surface area (Å²) in [5, 5.41) is 2.88. The number of anilines is 1. The third-order valence-corrected chi connectivity index (χ3v) is 7.60. The molecule has 3 rings (SSSR count). The summed E-state index contributed by atoms with van der Waals surface area (Å²) in [6.45, 7) is 5.65. The minimum absolute atomic E-state index is 0.134. The summed E-state index contributed by atoms with van der Waals surface area (Å²) in [4.78, 5) is 15.3. The molecule has 1 aliphatic rings. The van der Waals surface area contributed by atoms with E-state index < -0.39 is 10.0 Å². The van der Waals surface area contributed by atoms with Crippen molar-refractivity contribution in [3.8, 4) is 5.75 Å². The second-order valence-corrected chi connectivity index (χ2v) is 10.1. The molecule has 1 amide bonds. The molecule has 1 N–H and O–H groups in total. The van der Waals surface area contributed by atoms with E-state index in [2.05, 4.69) is 17.1 Å². The molecule has 174 valence electrons. The van der Waals surface area contributed by atoms with Crippen molar-refractivity contribution in [1.29, 1.82) is 0 Å². The molecule has 2 aromatic carbocycles. The van der Waals surface area contributed by atoms with Gasteiger partial charge in [-0.3, -0.25) is 9.10 Å². The van der Waals surface area contributed by atoms with Crippen molar-refractivity contribution in [3.05, 3.63) is 54.6 Å². The molecular formula is C24H33N3O4S. The molecule has 1 saturated heterocycles. The van der Waals surface area contributed by atoms with Crippen LogP contribution in [0.25, 0.3) is 0 Å². The summed E-state index contributed by atoms with van der Waals surface area (Å²) in [7, 11) is -2.40. The van der Waals surface area contributed by atoms with Crippen LogP contribution in [0.2, 0.25) is 0 Å². The lowest BCUT2D eigenvalue weighted by molar-refractivity contribution is -0.119.